The molecule has 1 heterocycles. The average molecular weight is 400 g/mol. The molecule has 1 aromatic rings. The first-order valence-electron chi connectivity index (χ1n) is 8.26. The summed E-state index contributed by atoms with van der Waals surface area (Å²) in [6.45, 7) is 0. The molecule has 0 radical (unpaired) electrons. The minimum absolute atomic E-state index is 0.0357. The highest BCUT2D eigenvalue weighted by atomic mass is 35.5. The molecule has 0 bridgehead atoms. The number of allylic oxidation sites excluding steroid dienone is 5. The minimum Gasteiger partial charge on any atom is -0.460 e. The number of aliphatic hydroxyl groups is 1. The summed E-state index contributed by atoms with van der Waals surface area (Å²) in [6.07, 6.45) is -1.86. The van der Waals surface area contributed by atoms with E-state index in [1.54, 1.807) is 24.3 Å². The molecule has 0 spiro atoms. The van der Waals surface area contributed by atoms with Gasteiger partial charge in [0.25, 0.3) is 5.91 Å². The van der Waals surface area contributed by atoms with E-state index >= 15 is 0 Å². The summed E-state index contributed by atoms with van der Waals surface area (Å²) in [5, 5.41) is 11.1. The van der Waals surface area contributed by atoms with E-state index in [2.05, 4.69) is 5.32 Å². The van der Waals surface area contributed by atoms with E-state index in [9.17, 15) is 23.1 Å². The number of rotatable bonds is 4. The lowest BCUT2D eigenvalue weighted by Crippen LogP contribution is -2.46. The van der Waals surface area contributed by atoms with Gasteiger partial charge in [-0.3, -0.25) is 4.79 Å². The van der Waals surface area contributed by atoms with E-state index in [-0.39, 0.29) is 25.0 Å². The van der Waals surface area contributed by atoms with Crippen LogP contribution in [-0.4, -0.2) is 28.5 Å². The van der Waals surface area contributed by atoms with Crippen LogP contribution in [0.4, 0.5) is 13.2 Å². The third kappa shape index (κ3) is 4.73. The average Bonchev–Trinajstić information content (AvgIpc) is 2.97. The Hall–Kier alpha value is -2.25. The first-order chi connectivity index (χ1) is 12.6. The highest BCUT2D eigenvalue weighted by Crippen LogP contribution is 2.34. The smallest absolute Gasteiger partial charge is 0.412 e. The molecule has 1 aliphatic heterocycles. The molecular formula is C19H17ClF3NO3. The number of carbonyl (C=O) groups is 1. The fourth-order valence-corrected chi connectivity index (χ4v) is 3.11. The molecule has 1 saturated heterocycles. The molecule has 3 rings (SSSR count). The predicted molar refractivity (Wildman–Crippen MR) is 93.5 cm³/mol. The van der Waals surface area contributed by atoms with Crippen molar-refractivity contribution in [2.75, 3.05) is 0 Å². The Bertz CT molecular complexity index is 813. The third-order valence-corrected chi connectivity index (χ3v) is 4.62. The van der Waals surface area contributed by atoms with E-state index < -0.39 is 28.9 Å². The maximum Gasteiger partial charge on any atom is 0.412 e. The van der Waals surface area contributed by atoms with Crippen LogP contribution in [0.3, 0.4) is 0 Å². The number of ether oxygens (including phenoxy) is 1. The molecule has 0 aromatic heterocycles. The van der Waals surface area contributed by atoms with Crippen LogP contribution in [-0.2, 0) is 16.0 Å². The molecule has 0 saturated carbocycles. The van der Waals surface area contributed by atoms with Crippen molar-refractivity contribution in [1.29, 1.82) is 0 Å². The Morgan fingerprint density at radius 2 is 1.93 bits per heavy atom. The predicted octanol–water partition coefficient (Wildman–Crippen LogP) is 3.72. The Kier molecular flexibility index (Phi) is 5.35. The highest BCUT2D eigenvalue weighted by molar-refractivity contribution is 6.23. The van der Waals surface area contributed by atoms with Crippen LogP contribution in [0, 0.1) is 0 Å². The standard InChI is InChI=1S/C19H17ClF3NO3/c20-18(26,11-13-4-2-1-3-5-13)17-24-16(25)15(27-17)10-12-6-8-14(9-7-12)19(21,22)23/h1-6,8,10,17,26H,7,9,11H2,(H,24,25)/b15-10-. The fraction of sp³-hybridized carbons (Fsp3) is 0.316. The molecule has 2 atom stereocenters. The monoisotopic (exact) mass is 399 g/mol. The van der Waals surface area contributed by atoms with Crippen LogP contribution in [0.15, 0.2) is 65.5 Å². The molecule has 1 amide bonds. The maximum atomic E-state index is 12.7. The third-order valence-electron chi connectivity index (χ3n) is 4.29. The van der Waals surface area contributed by atoms with Crippen LogP contribution in [0.1, 0.15) is 18.4 Å². The Morgan fingerprint density at radius 1 is 1.22 bits per heavy atom. The van der Waals surface area contributed by atoms with Crippen LogP contribution >= 0.6 is 11.6 Å². The van der Waals surface area contributed by atoms with E-state index in [0.29, 0.717) is 5.57 Å². The molecule has 1 aliphatic carbocycles. The number of amides is 1. The van der Waals surface area contributed by atoms with Gasteiger partial charge in [-0.25, -0.2) is 0 Å². The van der Waals surface area contributed by atoms with E-state index in [1.807, 2.05) is 6.07 Å². The maximum absolute atomic E-state index is 12.7. The van der Waals surface area contributed by atoms with Crippen molar-refractivity contribution in [2.45, 2.75) is 36.7 Å². The van der Waals surface area contributed by atoms with E-state index in [1.165, 1.54) is 12.2 Å². The van der Waals surface area contributed by atoms with Crippen molar-refractivity contribution >= 4 is 17.5 Å². The largest absolute Gasteiger partial charge is 0.460 e. The molecular weight excluding hydrogens is 383 g/mol. The summed E-state index contributed by atoms with van der Waals surface area (Å²) in [7, 11) is 0. The van der Waals surface area contributed by atoms with Gasteiger partial charge in [0.05, 0.1) is 0 Å². The summed E-state index contributed by atoms with van der Waals surface area (Å²) >= 11 is 6.16. The summed E-state index contributed by atoms with van der Waals surface area (Å²) in [4.78, 5) is 12.1. The van der Waals surface area contributed by atoms with Gasteiger partial charge in [0.15, 0.2) is 10.8 Å². The van der Waals surface area contributed by atoms with E-state index in [0.717, 1.165) is 11.6 Å². The number of benzene rings is 1. The van der Waals surface area contributed by atoms with Gasteiger partial charge in [-0.05, 0) is 30.1 Å². The Labute approximate surface area is 159 Å². The molecule has 27 heavy (non-hydrogen) atoms. The zero-order valence-electron chi connectivity index (χ0n) is 14.1. The van der Waals surface area contributed by atoms with Gasteiger partial charge in [0, 0.05) is 12.0 Å². The summed E-state index contributed by atoms with van der Waals surface area (Å²) in [5.74, 6) is -0.680. The van der Waals surface area contributed by atoms with Gasteiger partial charge in [-0.2, -0.15) is 13.2 Å². The van der Waals surface area contributed by atoms with Crippen LogP contribution in [0.2, 0.25) is 0 Å². The summed E-state index contributed by atoms with van der Waals surface area (Å²) in [6, 6.07) is 8.96. The second-order valence-electron chi connectivity index (χ2n) is 6.39. The van der Waals surface area contributed by atoms with Crippen molar-refractivity contribution in [1.82, 2.24) is 5.32 Å². The van der Waals surface area contributed by atoms with Gasteiger partial charge in [0.2, 0.25) is 6.23 Å². The van der Waals surface area contributed by atoms with Crippen molar-refractivity contribution in [2.24, 2.45) is 0 Å². The lowest BCUT2D eigenvalue weighted by Gasteiger charge is -2.26. The number of carbonyl (C=O) groups excluding carboxylic acids is 1. The molecule has 1 aromatic carbocycles. The molecule has 2 N–H and O–H groups in total. The Balaban J connectivity index is 1.71. The molecule has 8 heteroatoms. The number of alkyl halides is 4. The second kappa shape index (κ2) is 7.40. The summed E-state index contributed by atoms with van der Waals surface area (Å²) in [5.41, 5.74) is 0.664. The lowest BCUT2D eigenvalue weighted by atomic mass is 9.97. The number of nitrogens with one attached hydrogen (secondary N) is 1. The second-order valence-corrected chi connectivity index (χ2v) is 7.05. The molecule has 2 aliphatic rings. The zero-order valence-corrected chi connectivity index (χ0v) is 14.8. The quantitative estimate of drug-likeness (QED) is 0.599. The first-order valence-corrected chi connectivity index (χ1v) is 8.64. The molecule has 144 valence electrons. The molecule has 2 unspecified atom stereocenters. The molecule has 1 fully saturated rings. The first kappa shape index (κ1) is 19.5. The van der Waals surface area contributed by atoms with Crippen molar-refractivity contribution in [3.8, 4) is 0 Å². The SMILES string of the molecule is O=C1NC(C(O)(Cl)Cc2ccccc2)O/C1=C\C1=CC=C(C(F)(F)F)CC1. The van der Waals surface area contributed by atoms with Crippen LogP contribution in [0.25, 0.3) is 0 Å². The fourth-order valence-electron chi connectivity index (χ4n) is 2.85. The van der Waals surface area contributed by atoms with Gasteiger partial charge >= 0.3 is 6.18 Å². The van der Waals surface area contributed by atoms with Crippen molar-refractivity contribution < 1.29 is 27.8 Å². The number of halogens is 4. The lowest BCUT2D eigenvalue weighted by molar-refractivity contribution is -0.117. The Morgan fingerprint density at radius 3 is 2.52 bits per heavy atom. The highest BCUT2D eigenvalue weighted by Gasteiger charge is 2.44. The molecule has 4 nitrogen and oxygen atoms in total. The normalized spacial score (nSPS) is 24.0. The van der Waals surface area contributed by atoms with Gasteiger partial charge in [-0.15, -0.1) is 0 Å². The topological polar surface area (TPSA) is 58.6 Å². The van der Waals surface area contributed by atoms with E-state index in [4.69, 9.17) is 16.3 Å². The van der Waals surface area contributed by atoms with Crippen molar-refractivity contribution in [3.05, 3.63) is 71.0 Å². The van der Waals surface area contributed by atoms with Gasteiger partial charge in [-0.1, -0.05) is 54.1 Å². The van der Waals surface area contributed by atoms with Gasteiger partial charge < -0.3 is 15.2 Å². The van der Waals surface area contributed by atoms with Crippen molar-refractivity contribution in [3.63, 3.8) is 0 Å². The zero-order chi connectivity index (χ0) is 19.7. The number of hydrogen-bond acceptors (Lipinski definition) is 3. The number of hydrogen-bond donors (Lipinski definition) is 2. The van der Waals surface area contributed by atoms with Crippen LogP contribution < -0.4 is 5.32 Å². The minimum atomic E-state index is -4.35. The summed E-state index contributed by atoms with van der Waals surface area (Å²) < 4.78 is 43.4. The van der Waals surface area contributed by atoms with Gasteiger partial charge in [0.1, 0.15) is 0 Å². The van der Waals surface area contributed by atoms with Crippen LogP contribution in [0.5, 0.6) is 0 Å².